The van der Waals surface area contributed by atoms with Crippen LogP contribution in [0.25, 0.3) is 26.1 Å². The zero-order chi connectivity index (χ0) is 22.1. The fourth-order valence-corrected chi connectivity index (χ4v) is 3.78. The van der Waals surface area contributed by atoms with Gasteiger partial charge in [-0.2, -0.15) is 0 Å². The van der Waals surface area contributed by atoms with Gasteiger partial charge in [0.25, 0.3) is 5.56 Å². The number of aryl methyl sites for hydroxylation is 1. The van der Waals surface area contributed by atoms with Crippen LogP contribution in [0.3, 0.4) is 0 Å². The number of hydrogen-bond donors (Lipinski definition) is 0. The molecule has 5 nitrogen and oxygen atoms in total. The number of pyridine rings is 1. The maximum Gasteiger partial charge on any atom is 0.275 e. The minimum Gasteiger partial charge on any atom is -0.377 e. The molecule has 0 aliphatic rings. The molecular formula is C23H34N4OS. The van der Waals surface area contributed by atoms with Crippen LogP contribution in [0.5, 0.6) is 0 Å². The molecule has 0 saturated carbocycles. The van der Waals surface area contributed by atoms with Crippen LogP contribution in [0.15, 0.2) is 35.8 Å². The van der Waals surface area contributed by atoms with E-state index in [4.69, 9.17) is 4.98 Å². The van der Waals surface area contributed by atoms with Gasteiger partial charge in [-0.3, -0.25) is 9.36 Å². The first kappa shape index (κ1) is 24.6. The molecule has 0 atom stereocenters. The number of thiophene rings is 1. The molecule has 0 aliphatic heterocycles. The van der Waals surface area contributed by atoms with Gasteiger partial charge >= 0.3 is 0 Å². The predicted octanol–water partition coefficient (Wildman–Crippen LogP) is 6.12. The van der Waals surface area contributed by atoms with Gasteiger partial charge in [0.15, 0.2) is 0 Å². The monoisotopic (exact) mass is 414 g/mol. The lowest BCUT2D eigenvalue weighted by Crippen LogP contribution is -2.23. The van der Waals surface area contributed by atoms with Crippen LogP contribution in [-0.4, -0.2) is 28.6 Å². The molecule has 3 heterocycles. The summed E-state index contributed by atoms with van der Waals surface area (Å²) in [6.45, 7) is 15.4. The van der Waals surface area contributed by atoms with E-state index in [0.717, 1.165) is 39.4 Å². The highest BCUT2D eigenvalue weighted by Crippen LogP contribution is 2.35. The van der Waals surface area contributed by atoms with Crippen molar-refractivity contribution in [3.05, 3.63) is 47.2 Å². The summed E-state index contributed by atoms with van der Waals surface area (Å²) in [5.41, 5.74) is 2.70. The lowest BCUT2D eigenvalue weighted by Gasteiger charge is -2.14. The van der Waals surface area contributed by atoms with E-state index in [9.17, 15) is 4.79 Å². The summed E-state index contributed by atoms with van der Waals surface area (Å²) in [6.07, 6.45) is 7.37. The standard InChI is InChI=1S/C17H20N4OS.C4H8.C2H6/c1-6-10(3)21-12(7-2)19-14-13-11(20(4)5)8-9-18-16(13)23-15(14)17(21)22;1-3-4-2;1-2/h6,8-9H,7H2,1-5H3;3H,1,4H2,2H3;1-2H3/b10-6+;;. The Kier molecular flexibility index (Phi) is 9.75. The number of aromatic nitrogens is 3. The lowest BCUT2D eigenvalue weighted by atomic mass is 10.2. The number of rotatable bonds is 4. The van der Waals surface area contributed by atoms with Crippen LogP contribution >= 0.6 is 11.3 Å². The van der Waals surface area contributed by atoms with Crippen molar-refractivity contribution in [3.8, 4) is 0 Å². The first-order chi connectivity index (χ1) is 13.9. The van der Waals surface area contributed by atoms with Crippen molar-refractivity contribution in [1.29, 1.82) is 0 Å². The summed E-state index contributed by atoms with van der Waals surface area (Å²) in [4.78, 5) is 25.2. The Hall–Kier alpha value is -2.47. The molecule has 0 N–H and O–H groups in total. The number of hydrogen-bond acceptors (Lipinski definition) is 5. The molecule has 0 bridgehead atoms. The third-order valence-corrected chi connectivity index (χ3v) is 5.37. The number of nitrogens with zero attached hydrogens (tertiary/aromatic N) is 4. The molecule has 0 unspecified atom stereocenters. The fraction of sp³-hybridized carbons (Fsp3) is 0.435. The van der Waals surface area contributed by atoms with Gasteiger partial charge in [-0.25, -0.2) is 9.97 Å². The molecular weight excluding hydrogens is 380 g/mol. The van der Waals surface area contributed by atoms with E-state index in [1.165, 1.54) is 11.3 Å². The molecule has 3 aromatic heterocycles. The Balaban J connectivity index is 0.000000627. The minimum absolute atomic E-state index is 0.00449. The largest absolute Gasteiger partial charge is 0.377 e. The van der Waals surface area contributed by atoms with E-state index in [2.05, 4.69) is 18.5 Å². The van der Waals surface area contributed by atoms with Crippen LogP contribution in [0.4, 0.5) is 5.69 Å². The van der Waals surface area contributed by atoms with Gasteiger partial charge in [-0.05, 0) is 26.3 Å². The number of anilines is 1. The van der Waals surface area contributed by atoms with Crippen molar-refractivity contribution in [2.75, 3.05) is 19.0 Å². The third-order valence-electron chi connectivity index (χ3n) is 4.30. The van der Waals surface area contributed by atoms with E-state index in [1.807, 2.05) is 71.8 Å². The molecule has 29 heavy (non-hydrogen) atoms. The van der Waals surface area contributed by atoms with Gasteiger partial charge in [0.05, 0.1) is 11.1 Å². The number of fused-ring (bicyclic) bond motifs is 3. The topological polar surface area (TPSA) is 51.0 Å². The zero-order valence-electron chi connectivity index (χ0n) is 19.0. The fourth-order valence-electron chi connectivity index (χ4n) is 2.74. The van der Waals surface area contributed by atoms with Crippen molar-refractivity contribution in [1.82, 2.24) is 14.5 Å². The minimum atomic E-state index is -0.00449. The first-order valence-electron chi connectivity index (χ1n) is 10.2. The molecule has 0 radical (unpaired) electrons. The zero-order valence-corrected chi connectivity index (χ0v) is 19.9. The molecule has 3 aromatic rings. The van der Waals surface area contributed by atoms with Crippen LogP contribution in [0.2, 0.25) is 0 Å². The van der Waals surface area contributed by atoms with Crippen LogP contribution in [0, 0.1) is 0 Å². The summed E-state index contributed by atoms with van der Waals surface area (Å²) < 4.78 is 2.38. The molecule has 0 saturated heterocycles. The average molecular weight is 415 g/mol. The molecule has 0 amide bonds. The predicted molar refractivity (Wildman–Crippen MR) is 130 cm³/mol. The molecule has 6 heteroatoms. The van der Waals surface area contributed by atoms with Gasteiger partial charge in [0.1, 0.15) is 20.9 Å². The van der Waals surface area contributed by atoms with E-state index >= 15 is 0 Å². The van der Waals surface area contributed by atoms with Gasteiger partial charge in [0.2, 0.25) is 0 Å². The second kappa shape index (κ2) is 11.5. The maximum atomic E-state index is 13.0. The summed E-state index contributed by atoms with van der Waals surface area (Å²) in [5.74, 6) is 0.784. The summed E-state index contributed by atoms with van der Waals surface area (Å²) in [5, 5.41) is 0.967. The van der Waals surface area contributed by atoms with Crippen molar-refractivity contribution < 1.29 is 0 Å². The maximum absolute atomic E-state index is 13.0. The average Bonchev–Trinajstić information content (AvgIpc) is 3.13. The SMILES string of the molecule is C/C=C(\C)n1c(CC)nc2c(sc3nccc(N(C)C)c32)c1=O.C=CCC.CC. The highest BCUT2D eigenvalue weighted by atomic mass is 32.1. The highest BCUT2D eigenvalue weighted by molar-refractivity contribution is 7.25. The van der Waals surface area contributed by atoms with Crippen molar-refractivity contribution in [2.45, 2.75) is 54.4 Å². The lowest BCUT2D eigenvalue weighted by molar-refractivity contribution is 0.845. The second-order valence-corrected chi connectivity index (χ2v) is 7.33. The summed E-state index contributed by atoms with van der Waals surface area (Å²) in [7, 11) is 3.98. The smallest absolute Gasteiger partial charge is 0.275 e. The van der Waals surface area contributed by atoms with Crippen molar-refractivity contribution in [2.24, 2.45) is 0 Å². The normalized spacial score (nSPS) is 10.8. The Labute approximate surface area is 178 Å². The second-order valence-electron chi connectivity index (χ2n) is 6.33. The quantitative estimate of drug-likeness (QED) is 0.482. The van der Waals surface area contributed by atoms with E-state index in [0.29, 0.717) is 11.1 Å². The van der Waals surface area contributed by atoms with Gasteiger partial charge < -0.3 is 4.90 Å². The third kappa shape index (κ3) is 5.12. The Morgan fingerprint density at radius 1 is 1.31 bits per heavy atom. The molecule has 3 rings (SSSR count). The van der Waals surface area contributed by atoms with Crippen LogP contribution in [0.1, 0.15) is 53.8 Å². The van der Waals surface area contributed by atoms with Crippen molar-refractivity contribution >= 4 is 43.2 Å². The molecule has 0 aliphatic carbocycles. The number of allylic oxidation sites excluding steroid dienone is 3. The Morgan fingerprint density at radius 3 is 2.41 bits per heavy atom. The Morgan fingerprint density at radius 2 is 1.93 bits per heavy atom. The molecule has 158 valence electrons. The first-order valence-corrected chi connectivity index (χ1v) is 11.0. The van der Waals surface area contributed by atoms with Gasteiger partial charge in [0, 0.05) is 32.4 Å². The molecule has 0 aromatic carbocycles. The molecule has 0 spiro atoms. The summed E-state index contributed by atoms with van der Waals surface area (Å²) in [6, 6.07) is 1.96. The summed E-state index contributed by atoms with van der Waals surface area (Å²) >= 11 is 1.42. The van der Waals surface area contributed by atoms with Gasteiger partial charge in [-0.1, -0.05) is 39.8 Å². The van der Waals surface area contributed by atoms with Crippen LogP contribution < -0.4 is 10.5 Å². The Bertz CT molecular complexity index is 1040. The molecule has 0 fully saturated rings. The van der Waals surface area contributed by atoms with Crippen LogP contribution in [-0.2, 0) is 6.42 Å². The van der Waals surface area contributed by atoms with Gasteiger partial charge in [-0.15, -0.1) is 17.9 Å². The van der Waals surface area contributed by atoms with E-state index in [-0.39, 0.29) is 5.56 Å². The van der Waals surface area contributed by atoms with E-state index < -0.39 is 0 Å². The van der Waals surface area contributed by atoms with E-state index in [1.54, 1.807) is 10.8 Å². The highest BCUT2D eigenvalue weighted by Gasteiger charge is 2.19. The van der Waals surface area contributed by atoms with Crippen molar-refractivity contribution in [3.63, 3.8) is 0 Å².